The molecule has 112 valence electrons. The summed E-state index contributed by atoms with van der Waals surface area (Å²) in [7, 11) is 0. The predicted molar refractivity (Wildman–Crippen MR) is 84.9 cm³/mol. The molecule has 2 heterocycles. The number of pyridine rings is 1. The van der Waals surface area contributed by atoms with Crippen molar-refractivity contribution in [3.63, 3.8) is 0 Å². The fourth-order valence-electron chi connectivity index (χ4n) is 3.28. The highest BCUT2D eigenvalue weighted by Gasteiger charge is 2.37. The van der Waals surface area contributed by atoms with Crippen LogP contribution in [0, 0.1) is 6.92 Å². The predicted octanol–water partition coefficient (Wildman–Crippen LogP) is 3.31. The van der Waals surface area contributed by atoms with E-state index in [1.54, 1.807) is 0 Å². The van der Waals surface area contributed by atoms with E-state index < -0.39 is 0 Å². The van der Waals surface area contributed by atoms with Crippen molar-refractivity contribution in [1.29, 1.82) is 0 Å². The zero-order valence-corrected chi connectivity index (χ0v) is 13.4. The number of rotatable bonds is 6. The van der Waals surface area contributed by atoms with Gasteiger partial charge >= 0.3 is 0 Å². The molecule has 0 saturated carbocycles. The summed E-state index contributed by atoms with van der Waals surface area (Å²) in [5, 5.41) is 3.75. The number of nitrogens with zero attached hydrogens (tertiary/aromatic N) is 2. The van der Waals surface area contributed by atoms with Gasteiger partial charge in [0, 0.05) is 17.9 Å². The molecule has 0 spiro atoms. The van der Waals surface area contributed by atoms with Crippen molar-refractivity contribution in [3.8, 4) is 0 Å². The third kappa shape index (κ3) is 3.39. The average molecular weight is 275 g/mol. The Morgan fingerprint density at radius 3 is 2.60 bits per heavy atom. The SMILES string of the molecule is CCCNC(c1cncc(C)c1)C(C)(C)N1CCCC1. The zero-order valence-electron chi connectivity index (χ0n) is 13.4. The summed E-state index contributed by atoms with van der Waals surface area (Å²) in [5.41, 5.74) is 2.68. The number of hydrogen-bond acceptors (Lipinski definition) is 3. The molecule has 0 bridgehead atoms. The van der Waals surface area contributed by atoms with E-state index in [2.05, 4.69) is 49.0 Å². The van der Waals surface area contributed by atoms with Gasteiger partial charge in [-0.05, 0) is 70.8 Å². The highest BCUT2D eigenvalue weighted by Crippen LogP contribution is 2.33. The van der Waals surface area contributed by atoms with Crippen LogP contribution in [-0.4, -0.2) is 35.1 Å². The van der Waals surface area contributed by atoms with Crippen molar-refractivity contribution in [3.05, 3.63) is 29.6 Å². The molecule has 20 heavy (non-hydrogen) atoms. The third-order valence-electron chi connectivity index (χ3n) is 4.46. The minimum atomic E-state index is 0.126. The smallest absolute Gasteiger partial charge is 0.0517 e. The van der Waals surface area contributed by atoms with Crippen LogP contribution in [0.25, 0.3) is 0 Å². The Bertz CT molecular complexity index is 422. The van der Waals surface area contributed by atoms with Gasteiger partial charge in [0.25, 0.3) is 0 Å². The standard InChI is InChI=1S/C17H29N3/c1-5-8-19-16(15-11-14(2)12-18-13-15)17(3,4)20-9-6-7-10-20/h11-13,16,19H,5-10H2,1-4H3. The van der Waals surface area contributed by atoms with Crippen molar-refractivity contribution in [2.75, 3.05) is 19.6 Å². The first-order valence-electron chi connectivity index (χ1n) is 7.95. The summed E-state index contributed by atoms with van der Waals surface area (Å²) in [6, 6.07) is 2.62. The Morgan fingerprint density at radius 2 is 2.00 bits per heavy atom. The van der Waals surface area contributed by atoms with Crippen LogP contribution >= 0.6 is 0 Å². The minimum absolute atomic E-state index is 0.126. The van der Waals surface area contributed by atoms with Crippen molar-refractivity contribution in [1.82, 2.24) is 15.2 Å². The summed E-state index contributed by atoms with van der Waals surface area (Å²) in [6.45, 7) is 12.6. The summed E-state index contributed by atoms with van der Waals surface area (Å²) >= 11 is 0. The largest absolute Gasteiger partial charge is 0.308 e. The number of aryl methyl sites for hydroxylation is 1. The van der Waals surface area contributed by atoms with Crippen LogP contribution in [0.2, 0.25) is 0 Å². The lowest BCUT2D eigenvalue weighted by Gasteiger charge is -2.43. The maximum atomic E-state index is 4.39. The van der Waals surface area contributed by atoms with Gasteiger partial charge in [0.2, 0.25) is 0 Å². The molecule has 0 aliphatic carbocycles. The number of nitrogens with one attached hydrogen (secondary N) is 1. The van der Waals surface area contributed by atoms with Crippen LogP contribution in [0.4, 0.5) is 0 Å². The first kappa shape index (κ1) is 15.5. The van der Waals surface area contributed by atoms with Crippen molar-refractivity contribution < 1.29 is 0 Å². The van der Waals surface area contributed by atoms with Crippen LogP contribution in [0.15, 0.2) is 18.5 Å². The highest BCUT2D eigenvalue weighted by molar-refractivity contribution is 5.23. The van der Waals surface area contributed by atoms with E-state index in [0.717, 1.165) is 13.0 Å². The molecular weight excluding hydrogens is 246 g/mol. The quantitative estimate of drug-likeness (QED) is 0.863. The Hall–Kier alpha value is -0.930. The van der Waals surface area contributed by atoms with E-state index in [9.17, 15) is 0 Å². The van der Waals surface area contributed by atoms with E-state index in [-0.39, 0.29) is 5.54 Å². The normalized spacial score (nSPS) is 18.4. The van der Waals surface area contributed by atoms with Gasteiger partial charge in [-0.15, -0.1) is 0 Å². The second-order valence-corrected chi connectivity index (χ2v) is 6.53. The van der Waals surface area contributed by atoms with Crippen LogP contribution in [0.1, 0.15) is 57.2 Å². The first-order valence-corrected chi connectivity index (χ1v) is 7.95. The fourth-order valence-corrected chi connectivity index (χ4v) is 3.28. The van der Waals surface area contributed by atoms with Gasteiger partial charge in [-0.2, -0.15) is 0 Å². The van der Waals surface area contributed by atoms with Gasteiger partial charge in [-0.25, -0.2) is 0 Å². The summed E-state index contributed by atoms with van der Waals surface area (Å²) in [5.74, 6) is 0. The lowest BCUT2D eigenvalue weighted by Crippen LogP contribution is -2.51. The number of aromatic nitrogens is 1. The molecule has 1 aliphatic rings. The Labute approximate surface area is 123 Å². The summed E-state index contributed by atoms with van der Waals surface area (Å²) in [4.78, 5) is 7.02. The monoisotopic (exact) mass is 275 g/mol. The molecule has 2 rings (SSSR count). The maximum Gasteiger partial charge on any atom is 0.0517 e. The van der Waals surface area contributed by atoms with Crippen LogP contribution in [-0.2, 0) is 0 Å². The molecule has 1 N–H and O–H groups in total. The molecule has 1 fully saturated rings. The molecule has 0 aromatic carbocycles. The molecule has 0 amide bonds. The van der Waals surface area contributed by atoms with Crippen LogP contribution < -0.4 is 5.32 Å². The topological polar surface area (TPSA) is 28.2 Å². The summed E-state index contributed by atoms with van der Waals surface area (Å²) in [6.07, 6.45) is 7.78. The molecule has 1 unspecified atom stereocenters. The number of hydrogen-bond donors (Lipinski definition) is 1. The van der Waals surface area contributed by atoms with E-state index in [4.69, 9.17) is 0 Å². The second kappa shape index (κ2) is 6.68. The highest BCUT2D eigenvalue weighted by atomic mass is 15.2. The Balaban J connectivity index is 2.26. The van der Waals surface area contributed by atoms with Crippen molar-refractivity contribution >= 4 is 0 Å². The van der Waals surface area contributed by atoms with E-state index in [1.165, 1.54) is 37.1 Å². The lowest BCUT2D eigenvalue weighted by atomic mass is 9.87. The molecular formula is C17H29N3. The van der Waals surface area contributed by atoms with Crippen LogP contribution in [0.3, 0.4) is 0 Å². The summed E-state index contributed by atoms with van der Waals surface area (Å²) < 4.78 is 0. The average Bonchev–Trinajstić information content (AvgIpc) is 2.93. The minimum Gasteiger partial charge on any atom is -0.308 e. The van der Waals surface area contributed by atoms with Gasteiger partial charge in [0.15, 0.2) is 0 Å². The lowest BCUT2D eigenvalue weighted by molar-refractivity contribution is 0.106. The Kier molecular flexibility index (Phi) is 5.17. The molecule has 1 aromatic heterocycles. The van der Waals surface area contributed by atoms with Gasteiger partial charge < -0.3 is 5.32 Å². The molecule has 3 heteroatoms. The van der Waals surface area contributed by atoms with E-state index in [0.29, 0.717) is 6.04 Å². The zero-order chi connectivity index (χ0) is 14.6. The van der Waals surface area contributed by atoms with E-state index in [1.807, 2.05) is 12.4 Å². The molecule has 1 atom stereocenters. The molecule has 1 aliphatic heterocycles. The van der Waals surface area contributed by atoms with Crippen LogP contribution in [0.5, 0.6) is 0 Å². The van der Waals surface area contributed by atoms with Crippen molar-refractivity contribution in [2.45, 2.75) is 58.5 Å². The Morgan fingerprint density at radius 1 is 1.30 bits per heavy atom. The first-order chi connectivity index (χ1) is 9.55. The van der Waals surface area contributed by atoms with Gasteiger partial charge in [-0.3, -0.25) is 9.88 Å². The molecule has 1 saturated heterocycles. The van der Waals surface area contributed by atoms with Gasteiger partial charge in [0.1, 0.15) is 0 Å². The maximum absolute atomic E-state index is 4.39. The number of likely N-dealkylation sites (tertiary alicyclic amines) is 1. The molecule has 3 nitrogen and oxygen atoms in total. The van der Waals surface area contributed by atoms with E-state index >= 15 is 0 Å². The van der Waals surface area contributed by atoms with Gasteiger partial charge in [0.05, 0.1) is 6.04 Å². The van der Waals surface area contributed by atoms with Crippen molar-refractivity contribution in [2.24, 2.45) is 0 Å². The molecule has 0 radical (unpaired) electrons. The fraction of sp³-hybridized carbons (Fsp3) is 0.706. The third-order valence-corrected chi connectivity index (χ3v) is 4.46. The molecule has 1 aromatic rings. The van der Waals surface area contributed by atoms with Gasteiger partial charge in [-0.1, -0.05) is 13.0 Å². The second-order valence-electron chi connectivity index (χ2n) is 6.53.